The van der Waals surface area contributed by atoms with Crippen molar-refractivity contribution in [3.63, 3.8) is 0 Å². The Hall–Kier alpha value is -2.22. The SMILES string of the molecule is CCCc1ccc(-c2cc(O)c3c(c2)OC(C)(C)[C@@H]2CC=C(C)C[C@@H]32)cc1. The molecule has 0 saturated heterocycles. The fourth-order valence-corrected chi connectivity index (χ4v) is 4.88. The third kappa shape index (κ3) is 3.26. The van der Waals surface area contributed by atoms with E-state index in [0.29, 0.717) is 17.6 Å². The van der Waals surface area contributed by atoms with Crippen molar-refractivity contribution in [2.45, 2.75) is 64.9 Å². The Balaban J connectivity index is 1.76. The maximum atomic E-state index is 10.9. The van der Waals surface area contributed by atoms with E-state index in [1.807, 2.05) is 6.07 Å². The molecule has 0 spiro atoms. The molecule has 1 aliphatic carbocycles. The van der Waals surface area contributed by atoms with Crippen molar-refractivity contribution in [2.24, 2.45) is 5.92 Å². The van der Waals surface area contributed by atoms with E-state index in [1.54, 1.807) is 0 Å². The number of allylic oxidation sites excluding steroid dienone is 2. The van der Waals surface area contributed by atoms with Gasteiger partial charge in [-0.1, -0.05) is 49.3 Å². The number of ether oxygens (including phenoxy) is 1. The first-order chi connectivity index (χ1) is 12.9. The van der Waals surface area contributed by atoms with Crippen LogP contribution in [0.5, 0.6) is 11.5 Å². The molecule has 0 saturated carbocycles. The molecule has 27 heavy (non-hydrogen) atoms. The van der Waals surface area contributed by atoms with Gasteiger partial charge < -0.3 is 9.84 Å². The minimum absolute atomic E-state index is 0.231. The molecule has 0 amide bonds. The van der Waals surface area contributed by atoms with Gasteiger partial charge in [0.2, 0.25) is 0 Å². The van der Waals surface area contributed by atoms with Gasteiger partial charge in [-0.2, -0.15) is 0 Å². The van der Waals surface area contributed by atoms with E-state index < -0.39 is 0 Å². The van der Waals surface area contributed by atoms with Crippen LogP contribution >= 0.6 is 0 Å². The van der Waals surface area contributed by atoms with Crippen LogP contribution in [-0.4, -0.2) is 10.7 Å². The smallest absolute Gasteiger partial charge is 0.127 e. The summed E-state index contributed by atoms with van der Waals surface area (Å²) in [7, 11) is 0. The van der Waals surface area contributed by atoms with Crippen LogP contribution in [0.2, 0.25) is 0 Å². The minimum Gasteiger partial charge on any atom is -0.507 e. The van der Waals surface area contributed by atoms with E-state index in [-0.39, 0.29) is 5.60 Å². The highest BCUT2D eigenvalue weighted by atomic mass is 16.5. The lowest BCUT2D eigenvalue weighted by Crippen LogP contribution is -2.45. The predicted octanol–water partition coefficient (Wildman–Crippen LogP) is 6.62. The maximum Gasteiger partial charge on any atom is 0.127 e. The van der Waals surface area contributed by atoms with Crippen molar-refractivity contribution < 1.29 is 9.84 Å². The second kappa shape index (κ2) is 6.74. The summed E-state index contributed by atoms with van der Waals surface area (Å²) in [4.78, 5) is 0. The minimum atomic E-state index is -0.231. The van der Waals surface area contributed by atoms with E-state index in [4.69, 9.17) is 4.74 Å². The van der Waals surface area contributed by atoms with Gasteiger partial charge in [-0.05, 0) is 68.9 Å². The number of aryl methyl sites for hydroxylation is 1. The molecule has 0 radical (unpaired) electrons. The topological polar surface area (TPSA) is 29.5 Å². The van der Waals surface area contributed by atoms with Gasteiger partial charge in [0.25, 0.3) is 0 Å². The molecule has 2 aromatic carbocycles. The van der Waals surface area contributed by atoms with Gasteiger partial charge in [0.15, 0.2) is 0 Å². The average molecular weight is 363 g/mol. The molecule has 4 rings (SSSR count). The zero-order chi connectivity index (χ0) is 19.2. The number of hydrogen-bond acceptors (Lipinski definition) is 2. The van der Waals surface area contributed by atoms with Gasteiger partial charge in [0.05, 0.1) is 0 Å². The molecule has 142 valence electrons. The molecule has 2 heteroatoms. The zero-order valence-electron chi connectivity index (χ0n) is 16.9. The Bertz CT molecular complexity index is 874. The highest BCUT2D eigenvalue weighted by Crippen LogP contribution is 2.54. The molecular weight excluding hydrogens is 332 g/mol. The molecule has 2 aromatic rings. The molecule has 1 heterocycles. The Morgan fingerprint density at radius 2 is 1.85 bits per heavy atom. The molecule has 1 N–H and O–H groups in total. The van der Waals surface area contributed by atoms with Crippen molar-refractivity contribution in [2.75, 3.05) is 0 Å². The molecule has 2 atom stereocenters. The first-order valence-electron chi connectivity index (χ1n) is 10.2. The average Bonchev–Trinajstić information content (AvgIpc) is 2.61. The third-order valence-corrected chi connectivity index (χ3v) is 6.33. The fraction of sp³-hybridized carbons (Fsp3) is 0.440. The van der Waals surface area contributed by atoms with Crippen LogP contribution in [0.1, 0.15) is 64.0 Å². The van der Waals surface area contributed by atoms with Crippen molar-refractivity contribution >= 4 is 0 Å². The lowest BCUT2D eigenvalue weighted by atomic mass is 9.67. The van der Waals surface area contributed by atoms with E-state index in [0.717, 1.165) is 48.1 Å². The second-order valence-corrected chi connectivity index (χ2v) is 8.76. The summed E-state index contributed by atoms with van der Waals surface area (Å²) in [5, 5.41) is 10.9. The van der Waals surface area contributed by atoms with Crippen molar-refractivity contribution in [1.82, 2.24) is 0 Å². The Morgan fingerprint density at radius 3 is 2.56 bits per heavy atom. The Kier molecular flexibility index (Phi) is 4.53. The van der Waals surface area contributed by atoms with Gasteiger partial charge in [0.1, 0.15) is 17.1 Å². The fourth-order valence-electron chi connectivity index (χ4n) is 4.88. The summed E-state index contributed by atoms with van der Waals surface area (Å²) in [6.07, 6.45) is 6.61. The molecule has 0 fully saturated rings. The van der Waals surface area contributed by atoms with Gasteiger partial charge in [-0.3, -0.25) is 0 Å². The number of hydrogen-bond donors (Lipinski definition) is 1. The van der Waals surface area contributed by atoms with Crippen molar-refractivity contribution in [3.8, 4) is 22.6 Å². The number of aromatic hydroxyl groups is 1. The normalized spacial score (nSPS) is 23.0. The van der Waals surface area contributed by atoms with E-state index in [1.165, 1.54) is 11.1 Å². The number of rotatable bonds is 3. The standard InChI is InChI=1S/C25H30O2/c1-5-6-17-8-10-18(11-9-17)19-14-22(26)24-20-13-16(2)7-12-21(20)25(3,4)27-23(24)15-19/h7-11,14-15,20-21,26H,5-6,12-13H2,1-4H3/t20-,21-/m1/s1. The molecule has 1 aliphatic heterocycles. The quantitative estimate of drug-likeness (QED) is 0.622. The predicted molar refractivity (Wildman–Crippen MR) is 111 cm³/mol. The van der Waals surface area contributed by atoms with E-state index in [9.17, 15) is 5.11 Å². The van der Waals surface area contributed by atoms with E-state index in [2.05, 4.69) is 64.1 Å². The molecule has 0 bridgehead atoms. The Labute approximate surface area is 162 Å². The van der Waals surface area contributed by atoms with Crippen LogP contribution in [0.25, 0.3) is 11.1 Å². The zero-order valence-corrected chi connectivity index (χ0v) is 16.9. The highest BCUT2D eigenvalue weighted by molar-refractivity contribution is 5.70. The first kappa shape index (κ1) is 18.2. The summed E-state index contributed by atoms with van der Waals surface area (Å²) in [6.45, 7) is 8.77. The highest BCUT2D eigenvalue weighted by Gasteiger charge is 2.45. The van der Waals surface area contributed by atoms with E-state index >= 15 is 0 Å². The number of phenolic OH excluding ortho intramolecular Hbond substituents is 1. The van der Waals surface area contributed by atoms with Crippen LogP contribution in [0.15, 0.2) is 48.0 Å². The van der Waals surface area contributed by atoms with Crippen molar-refractivity contribution in [3.05, 3.63) is 59.2 Å². The molecule has 2 nitrogen and oxygen atoms in total. The summed E-state index contributed by atoms with van der Waals surface area (Å²) in [6, 6.07) is 12.7. The molecule has 0 unspecified atom stereocenters. The second-order valence-electron chi connectivity index (χ2n) is 8.76. The van der Waals surface area contributed by atoms with Gasteiger partial charge in [-0.25, -0.2) is 0 Å². The number of phenols is 1. The van der Waals surface area contributed by atoms with Crippen molar-refractivity contribution in [1.29, 1.82) is 0 Å². The van der Waals surface area contributed by atoms with Crippen LogP contribution in [-0.2, 0) is 6.42 Å². The lowest BCUT2D eigenvalue weighted by Gasteiger charge is -2.47. The van der Waals surface area contributed by atoms with Gasteiger partial charge >= 0.3 is 0 Å². The monoisotopic (exact) mass is 362 g/mol. The van der Waals surface area contributed by atoms with Crippen LogP contribution < -0.4 is 4.74 Å². The molecule has 2 aliphatic rings. The first-order valence-corrected chi connectivity index (χ1v) is 10.2. The lowest BCUT2D eigenvalue weighted by molar-refractivity contribution is 0.00768. The summed E-state index contributed by atoms with van der Waals surface area (Å²) in [5.41, 5.74) is 5.68. The van der Waals surface area contributed by atoms with Crippen LogP contribution in [0.3, 0.4) is 0 Å². The molecular formula is C25H30O2. The Morgan fingerprint density at radius 1 is 1.11 bits per heavy atom. The third-order valence-electron chi connectivity index (χ3n) is 6.33. The summed E-state index contributed by atoms with van der Waals surface area (Å²) >= 11 is 0. The number of benzene rings is 2. The van der Waals surface area contributed by atoms with Gasteiger partial charge in [0, 0.05) is 17.4 Å². The summed E-state index contributed by atoms with van der Waals surface area (Å²) < 4.78 is 6.44. The molecule has 0 aromatic heterocycles. The van der Waals surface area contributed by atoms with Gasteiger partial charge in [-0.15, -0.1) is 0 Å². The summed E-state index contributed by atoms with van der Waals surface area (Å²) in [5.74, 6) is 1.96. The largest absolute Gasteiger partial charge is 0.507 e. The number of fused-ring (bicyclic) bond motifs is 3. The van der Waals surface area contributed by atoms with Crippen LogP contribution in [0, 0.1) is 5.92 Å². The van der Waals surface area contributed by atoms with Crippen LogP contribution in [0.4, 0.5) is 0 Å². The maximum absolute atomic E-state index is 10.9.